The molecule has 3 N–H and O–H groups in total. The van der Waals surface area contributed by atoms with Gasteiger partial charge in [-0.05, 0) is 114 Å². The Balaban J connectivity index is 0.000000190. The van der Waals surface area contributed by atoms with Crippen LogP contribution in [0.3, 0.4) is 0 Å². The molecule has 3 unspecified atom stereocenters. The van der Waals surface area contributed by atoms with Gasteiger partial charge in [0.2, 0.25) is 24.7 Å². The summed E-state index contributed by atoms with van der Waals surface area (Å²) in [6.45, 7) is 7.72. The molecule has 1 spiro atoms. The molecule has 294 valence electrons. The van der Waals surface area contributed by atoms with Crippen LogP contribution in [0.2, 0.25) is 0 Å². The number of piperidine rings is 1. The predicted octanol–water partition coefficient (Wildman–Crippen LogP) is 6.35. The average Bonchev–Trinajstić information content (AvgIpc) is 4.03. The molecule has 15 heteroatoms. The van der Waals surface area contributed by atoms with Crippen molar-refractivity contribution < 1.29 is 41.1 Å². The van der Waals surface area contributed by atoms with Gasteiger partial charge >= 0.3 is 0 Å². The number of carbonyl (C=O) groups excluding carboxylic acids is 4. The van der Waals surface area contributed by atoms with Gasteiger partial charge in [-0.2, -0.15) is 5.10 Å². The first-order valence-electron chi connectivity index (χ1n) is 18.5. The van der Waals surface area contributed by atoms with Crippen molar-refractivity contribution in [2.75, 3.05) is 25.5 Å². The van der Waals surface area contributed by atoms with Crippen LogP contribution in [-0.2, 0) is 26.3 Å². The summed E-state index contributed by atoms with van der Waals surface area (Å²) in [5, 5.41) is 11.9. The Bertz CT molecular complexity index is 1550. The monoisotopic (exact) mass is 752 g/mol. The molecule has 3 amide bonds. The summed E-state index contributed by atoms with van der Waals surface area (Å²) in [6, 6.07) is 5.20. The summed E-state index contributed by atoms with van der Waals surface area (Å²) < 4.78 is 67.5. The fourth-order valence-electron chi connectivity index (χ4n) is 7.57. The molecule has 1 saturated heterocycles. The number of benzene rings is 1. The van der Waals surface area contributed by atoms with Crippen molar-refractivity contribution in [1.82, 2.24) is 25.3 Å². The van der Waals surface area contributed by atoms with E-state index in [-0.39, 0.29) is 60.1 Å². The molecule has 3 atom stereocenters. The normalized spacial score (nSPS) is 22.2. The zero-order valence-electron chi connectivity index (χ0n) is 31.0. The summed E-state index contributed by atoms with van der Waals surface area (Å²) in [6.07, 6.45) is 6.13. The highest BCUT2D eigenvalue weighted by molar-refractivity contribution is 5.92. The van der Waals surface area contributed by atoms with Crippen LogP contribution in [0, 0.1) is 23.1 Å². The first-order valence-corrected chi connectivity index (χ1v) is 18.5. The maximum atomic E-state index is 14.0. The minimum atomic E-state index is -2.59. The highest BCUT2D eigenvalue weighted by Crippen LogP contribution is 2.61. The zero-order valence-corrected chi connectivity index (χ0v) is 31.0. The number of nitrogens with one attached hydrogen (secondary N) is 3. The molecule has 2 aromatic rings. The van der Waals surface area contributed by atoms with Gasteiger partial charge in [-0.15, -0.1) is 0 Å². The summed E-state index contributed by atoms with van der Waals surface area (Å²) >= 11 is 0. The Hall–Kier alpha value is -3.88. The first kappa shape index (κ1) is 41.9. The smallest absolute Gasteiger partial charge is 0.269 e. The van der Waals surface area contributed by atoms with Crippen molar-refractivity contribution in [2.24, 2.45) is 17.3 Å². The maximum Gasteiger partial charge on any atom is 0.269 e. The largest absolute Gasteiger partial charge is 0.348 e. The third-order valence-corrected chi connectivity index (χ3v) is 11.2. The van der Waals surface area contributed by atoms with E-state index >= 15 is 0 Å². The van der Waals surface area contributed by atoms with Crippen LogP contribution >= 0.6 is 0 Å². The molecule has 6 rings (SSSR count). The van der Waals surface area contributed by atoms with E-state index in [0.717, 1.165) is 32.4 Å². The number of aryl methyl sites for hydroxylation is 1. The number of aromatic nitrogens is 2. The second-order valence-electron chi connectivity index (χ2n) is 15.1. The number of anilines is 1. The van der Waals surface area contributed by atoms with Gasteiger partial charge in [-0.1, -0.05) is 13.0 Å². The third-order valence-electron chi connectivity index (χ3n) is 11.2. The molecule has 1 aliphatic heterocycles. The van der Waals surface area contributed by atoms with Crippen LogP contribution in [0.1, 0.15) is 101 Å². The minimum absolute atomic E-state index is 0.0276. The molecule has 2 heterocycles. The molecule has 3 saturated carbocycles. The SMILES string of the molecule is CCC(=O)NC(C=O)C1(c2ccc(NC=O)c(F)c2)CC1.CCn1nccc1C(=O)NC(C)C1CC(F)(F)CC2(CC2)C1.CN1CCC(C(F)F)CC1. The Morgan fingerprint density at radius 3 is 2.21 bits per heavy atom. The molecule has 1 aromatic heterocycles. The number of carbonyl (C=O) groups is 4. The second-order valence-corrected chi connectivity index (χ2v) is 15.1. The molecule has 53 heavy (non-hydrogen) atoms. The second kappa shape index (κ2) is 18.0. The van der Waals surface area contributed by atoms with E-state index in [0.29, 0.717) is 56.2 Å². The van der Waals surface area contributed by atoms with Crippen LogP contribution in [0.25, 0.3) is 0 Å². The number of rotatable bonds is 12. The quantitative estimate of drug-likeness (QED) is 0.172. The van der Waals surface area contributed by atoms with Crippen molar-refractivity contribution in [1.29, 1.82) is 0 Å². The van der Waals surface area contributed by atoms with E-state index < -0.39 is 29.6 Å². The number of likely N-dealkylation sites (tertiary alicyclic amines) is 1. The minimum Gasteiger partial charge on any atom is -0.348 e. The summed E-state index contributed by atoms with van der Waals surface area (Å²) in [7, 11) is 1.97. The van der Waals surface area contributed by atoms with Gasteiger partial charge in [0.1, 0.15) is 17.8 Å². The Labute approximate surface area is 308 Å². The molecular formula is C38H53F5N6O4. The van der Waals surface area contributed by atoms with Crippen molar-refractivity contribution in [3.63, 3.8) is 0 Å². The fraction of sp³-hybridized carbons (Fsp3) is 0.658. The summed E-state index contributed by atoms with van der Waals surface area (Å²) in [4.78, 5) is 47.6. The number of halogens is 5. The van der Waals surface area contributed by atoms with Crippen LogP contribution < -0.4 is 16.0 Å². The lowest BCUT2D eigenvalue weighted by Gasteiger charge is -2.38. The Morgan fingerprint density at radius 2 is 1.68 bits per heavy atom. The van der Waals surface area contributed by atoms with E-state index in [1.54, 1.807) is 29.9 Å². The lowest BCUT2D eigenvalue weighted by atomic mass is 9.74. The summed E-state index contributed by atoms with van der Waals surface area (Å²) in [5.74, 6) is -4.09. The van der Waals surface area contributed by atoms with Gasteiger partial charge in [0.15, 0.2) is 0 Å². The van der Waals surface area contributed by atoms with Gasteiger partial charge in [-0.3, -0.25) is 19.1 Å². The standard InChI is InChI=1S/C16H23F2N3O.C15H17FN2O3.C7H13F2N/c1-3-21-13(4-7-19-21)14(22)20-11(2)12-8-15(5-6-15)10-16(17,18)9-12;1-2-14(21)18-13(8-19)15(5-6-15)10-3-4-12(17-9-20)11(16)7-10;1-10-4-2-6(3-5-10)7(8)9/h4,7,11-12H,3,5-6,8-10H2,1-2H3,(H,20,22);3-4,7-9,13H,2,5-6H2,1H3,(H,17,20)(H,18,21);6-7H,2-5H2,1H3. The van der Waals surface area contributed by atoms with Crippen LogP contribution in [-0.4, -0.2) is 83.8 Å². The zero-order chi connectivity index (χ0) is 39.0. The Kier molecular flexibility index (Phi) is 14.2. The molecule has 4 aliphatic rings. The van der Waals surface area contributed by atoms with E-state index in [9.17, 15) is 41.1 Å². The van der Waals surface area contributed by atoms with E-state index in [4.69, 9.17) is 0 Å². The molecular weight excluding hydrogens is 699 g/mol. The number of aldehydes is 1. The number of alkyl halides is 4. The number of nitrogens with zero attached hydrogens (tertiary/aromatic N) is 3. The van der Waals surface area contributed by atoms with Gasteiger partial charge in [0, 0.05) is 49.4 Å². The maximum absolute atomic E-state index is 14.0. The molecule has 3 aliphatic carbocycles. The van der Waals surface area contributed by atoms with Crippen LogP contribution in [0.15, 0.2) is 30.5 Å². The van der Waals surface area contributed by atoms with E-state index in [1.165, 1.54) is 12.1 Å². The lowest BCUT2D eigenvalue weighted by molar-refractivity contribution is -0.124. The molecule has 1 aromatic carbocycles. The predicted molar refractivity (Wildman–Crippen MR) is 190 cm³/mol. The number of hydrogen-bond donors (Lipinski definition) is 3. The van der Waals surface area contributed by atoms with Crippen molar-refractivity contribution in [3.8, 4) is 0 Å². The highest BCUT2D eigenvalue weighted by Gasteiger charge is 2.56. The van der Waals surface area contributed by atoms with Gasteiger partial charge < -0.3 is 25.6 Å². The molecule has 10 nitrogen and oxygen atoms in total. The van der Waals surface area contributed by atoms with Gasteiger partial charge in [0.05, 0.1) is 11.7 Å². The van der Waals surface area contributed by atoms with Gasteiger partial charge in [-0.25, -0.2) is 22.0 Å². The van der Waals surface area contributed by atoms with Crippen molar-refractivity contribution in [3.05, 3.63) is 47.5 Å². The number of hydrogen-bond acceptors (Lipinski definition) is 6. The number of amides is 3. The fourth-order valence-corrected chi connectivity index (χ4v) is 7.57. The first-order chi connectivity index (χ1) is 25.1. The van der Waals surface area contributed by atoms with Crippen LogP contribution in [0.5, 0.6) is 0 Å². The third kappa shape index (κ3) is 11.1. The summed E-state index contributed by atoms with van der Waals surface area (Å²) in [5.41, 5.74) is 0.539. The lowest BCUT2D eigenvalue weighted by Crippen LogP contribution is -2.45. The van der Waals surface area contributed by atoms with Gasteiger partial charge in [0.25, 0.3) is 5.91 Å². The van der Waals surface area contributed by atoms with Crippen molar-refractivity contribution >= 4 is 30.2 Å². The van der Waals surface area contributed by atoms with E-state index in [2.05, 4.69) is 25.9 Å². The Morgan fingerprint density at radius 1 is 1.00 bits per heavy atom. The van der Waals surface area contributed by atoms with Crippen molar-refractivity contribution in [2.45, 2.75) is 121 Å². The molecule has 4 fully saturated rings. The highest BCUT2D eigenvalue weighted by atomic mass is 19.3. The average molecular weight is 753 g/mol. The molecule has 0 bridgehead atoms. The van der Waals surface area contributed by atoms with Crippen LogP contribution in [0.4, 0.5) is 27.6 Å². The molecule has 0 radical (unpaired) electrons. The van der Waals surface area contributed by atoms with E-state index in [1.807, 2.05) is 20.9 Å². The topological polar surface area (TPSA) is 125 Å².